The number of imidazole rings is 1. The summed E-state index contributed by atoms with van der Waals surface area (Å²) in [4.78, 5) is 17.8. The molecule has 1 unspecified atom stereocenters. The second kappa shape index (κ2) is 6.60. The second-order valence-electron chi connectivity index (χ2n) is 9.44. The zero-order chi connectivity index (χ0) is 22.1. The molecule has 3 aromatic rings. The SMILES string of the molecule is COc1ccc2ncn(CC34CC(C(=O)N5N=CCC5c5cc(F)cc(F)c5)(C3)C4)c2c1. The molecule has 2 heterocycles. The van der Waals surface area contributed by atoms with Crippen molar-refractivity contribution in [3.63, 3.8) is 0 Å². The molecule has 3 saturated carbocycles. The molecule has 8 heteroatoms. The lowest BCUT2D eigenvalue weighted by Crippen LogP contribution is -2.68. The third-order valence-corrected chi connectivity index (χ3v) is 7.24. The van der Waals surface area contributed by atoms with E-state index < -0.39 is 23.1 Å². The zero-order valence-corrected chi connectivity index (χ0v) is 17.6. The van der Waals surface area contributed by atoms with Crippen LogP contribution in [0.5, 0.6) is 5.75 Å². The molecule has 32 heavy (non-hydrogen) atoms. The molecule has 4 aliphatic rings. The van der Waals surface area contributed by atoms with Crippen molar-refractivity contribution >= 4 is 23.2 Å². The van der Waals surface area contributed by atoms with Crippen LogP contribution in [0.3, 0.4) is 0 Å². The number of hydrazone groups is 1. The molecule has 3 fully saturated rings. The molecule has 1 amide bonds. The quantitative estimate of drug-likeness (QED) is 0.594. The van der Waals surface area contributed by atoms with Gasteiger partial charge in [-0.1, -0.05) is 0 Å². The lowest BCUT2D eigenvalue weighted by molar-refractivity contribution is -0.222. The molecule has 164 valence electrons. The molecule has 7 rings (SSSR count). The summed E-state index contributed by atoms with van der Waals surface area (Å²) >= 11 is 0. The van der Waals surface area contributed by atoms with Crippen LogP contribution in [0.2, 0.25) is 0 Å². The van der Waals surface area contributed by atoms with Gasteiger partial charge in [-0.3, -0.25) is 4.79 Å². The van der Waals surface area contributed by atoms with Gasteiger partial charge in [0.1, 0.15) is 17.4 Å². The van der Waals surface area contributed by atoms with Crippen molar-refractivity contribution in [2.45, 2.75) is 38.3 Å². The van der Waals surface area contributed by atoms with Crippen molar-refractivity contribution in [3.05, 3.63) is 59.9 Å². The van der Waals surface area contributed by atoms with Crippen molar-refractivity contribution in [2.24, 2.45) is 15.9 Å². The van der Waals surface area contributed by atoms with Gasteiger partial charge in [0.15, 0.2) is 0 Å². The number of ether oxygens (including phenoxy) is 1. The number of benzene rings is 2. The molecule has 3 aliphatic carbocycles. The number of hydrogen-bond acceptors (Lipinski definition) is 4. The van der Waals surface area contributed by atoms with E-state index in [2.05, 4.69) is 14.7 Å². The Morgan fingerprint density at radius 2 is 1.91 bits per heavy atom. The number of halogens is 2. The number of aromatic nitrogens is 2. The van der Waals surface area contributed by atoms with Crippen LogP contribution < -0.4 is 4.74 Å². The minimum Gasteiger partial charge on any atom is -0.497 e. The third kappa shape index (κ3) is 2.78. The second-order valence-corrected chi connectivity index (χ2v) is 9.44. The monoisotopic (exact) mass is 436 g/mol. The van der Waals surface area contributed by atoms with E-state index in [1.54, 1.807) is 13.3 Å². The smallest absolute Gasteiger partial charge is 0.249 e. The van der Waals surface area contributed by atoms with Crippen molar-refractivity contribution in [1.29, 1.82) is 0 Å². The van der Waals surface area contributed by atoms with Gasteiger partial charge in [0.2, 0.25) is 5.91 Å². The molecule has 0 spiro atoms. The maximum Gasteiger partial charge on any atom is 0.249 e. The van der Waals surface area contributed by atoms with Gasteiger partial charge in [-0.05, 0) is 54.5 Å². The number of nitrogens with zero attached hydrogens (tertiary/aromatic N) is 4. The fourth-order valence-electron chi connectivity index (χ4n) is 5.94. The Kier molecular flexibility index (Phi) is 4.00. The Labute approximate surface area is 183 Å². The van der Waals surface area contributed by atoms with E-state index >= 15 is 0 Å². The van der Waals surface area contributed by atoms with Gasteiger partial charge in [0.05, 0.1) is 35.9 Å². The molecule has 1 atom stereocenters. The molecule has 2 aromatic carbocycles. The number of fused-ring (bicyclic) bond motifs is 1. The number of carbonyl (C=O) groups is 1. The Morgan fingerprint density at radius 3 is 2.62 bits per heavy atom. The molecule has 0 radical (unpaired) electrons. The first-order chi connectivity index (χ1) is 15.4. The van der Waals surface area contributed by atoms with Gasteiger partial charge in [-0.25, -0.2) is 18.8 Å². The van der Waals surface area contributed by atoms with E-state index in [-0.39, 0.29) is 11.3 Å². The van der Waals surface area contributed by atoms with Crippen molar-refractivity contribution < 1.29 is 18.3 Å². The molecule has 1 aromatic heterocycles. The van der Waals surface area contributed by atoms with Crippen LogP contribution in [0.25, 0.3) is 11.0 Å². The lowest BCUT2D eigenvalue weighted by atomic mass is 9.34. The Bertz CT molecular complexity index is 1240. The average Bonchev–Trinajstić information content (AvgIpc) is 3.35. The minimum absolute atomic E-state index is 0.0417. The summed E-state index contributed by atoms with van der Waals surface area (Å²) in [5.41, 5.74) is 2.04. The van der Waals surface area contributed by atoms with E-state index in [9.17, 15) is 13.6 Å². The number of methoxy groups -OCH3 is 1. The fourth-order valence-corrected chi connectivity index (χ4v) is 5.94. The highest BCUT2D eigenvalue weighted by Crippen LogP contribution is 2.74. The summed E-state index contributed by atoms with van der Waals surface area (Å²) < 4.78 is 34.9. The molecular formula is C24H22F2N4O2. The number of carbonyl (C=O) groups excluding carboxylic acids is 1. The third-order valence-electron chi connectivity index (χ3n) is 7.24. The predicted octanol–water partition coefficient (Wildman–Crippen LogP) is 4.45. The van der Waals surface area contributed by atoms with Gasteiger partial charge in [0, 0.05) is 31.3 Å². The van der Waals surface area contributed by atoms with Crippen LogP contribution in [0.1, 0.15) is 37.3 Å². The standard InChI is InChI=1S/C24H22F2N4O2/c1-32-18-2-3-19-21(9-18)29(14-27-19)13-23-10-24(11-23,12-23)22(31)30-20(4-5-28-30)15-6-16(25)8-17(26)7-15/h2-3,5-9,14,20H,4,10-13H2,1H3. The maximum absolute atomic E-state index is 13.7. The van der Waals surface area contributed by atoms with Gasteiger partial charge in [-0.2, -0.15) is 5.10 Å². The van der Waals surface area contributed by atoms with Crippen LogP contribution in [-0.2, 0) is 11.3 Å². The number of amides is 1. The highest BCUT2D eigenvalue weighted by molar-refractivity contribution is 5.88. The Morgan fingerprint density at radius 1 is 1.16 bits per heavy atom. The van der Waals surface area contributed by atoms with E-state index in [4.69, 9.17) is 4.74 Å². The van der Waals surface area contributed by atoms with E-state index in [0.717, 1.165) is 48.7 Å². The molecule has 0 saturated heterocycles. The van der Waals surface area contributed by atoms with Gasteiger partial charge < -0.3 is 9.30 Å². The highest BCUT2D eigenvalue weighted by atomic mass is 19.1. The fraction of sp³-hybridized carbons (Fsp3) is 0.375. The minimum atomic E-state index is -0.645. The first-order valence-electron chi connectivity index (χ1n) is 10.7. The van der Waals surface area contributed by atoms with E-state index in [1.807, 2.05) is 24.5 Å². The topological polar surface area (TPSA) is 59.7 Å². The highest BCUT2D eigenvalue weighted by Gasteiger charge is 2.72. The Hall–Kier alpha value is -3.29. The first kappa shape index (κ1) is 19.4. The first-order valence-corrected chi connectivity index (χ1v) is 10.7. The maximum atomic E-state index is 13.7. The summed E-state index contributed by atoms with van der Waals surface area (Å²) in [5.74, 6) is -0.545. The van der Waals surface area contributed by atoms with Gasteiger partial charge >= 0.3 is 0 Å². The molecule has 2 bridgehead atoms. The summed E-state index contributed by atoms with van der Waals surface area (Å²) in [7, 11) is 1.64. The average molecular weight is 436 g/mol. The predicted molar refractivity (Wildman–Crippen MR) is 114 cm³/mol. The summed E-state index contributed by atoms with van der Waals surface area (Å²) in [5, 5.41) is 5.71. The molecule has 6 nitrogen and oxygen atoms in total. The van der Waals surface area contributed by atoms with E-state index in [1.165, 1.54) is 17.1 Å². The number of rotatable bonds is 5. The van der Waals surface area contributed by atoms with Gasteiger partial charge in [-0.15, -0.1) is 0 Å². The molecule has 1 aliphatic heterocycles. The van der Waals surface area contributed by atoms with E-state index in [0.29, 0.717) is 12.0 Å². The summed E-state index contributed by atoms with van der Waals surface area (Å²) in [6.07, 6.45) is 6.32. The van der Waals surface area contributed by atoms with Crippen LogP contribution in [0.4, 0.5) is 8.78 Å². The van der Waals surface area contributed by atoms with Crippen molar-refractivity contribution in [1.82, 2.24) is 14.6 Å². The van der Waals surface area contributed by atoms with Crippen molar-refractivity contribution in [2.75, 3.05) is 7.11 Å². The Balaban J connectivity index is 1.18. The van der Waals surface area contributed by atoms with Gasteiger partial charge in [0.25, 0.3) is 0 Å². The van der Waals surface area contributed by atoms with Crippen LogP contribution in [0.15, 0.2) is 47.8 Å². The largest absolute Gasteiger partial charge is 0.497 e. The summed E-state index contributed by atoms with van der Waals surface area (Å²) in [6, 6.07) is 8.77. The number of hydrogen-bond donors (Lipinski definition) is 0. The van der Waals surface area contributed by atoms with Crippen LogP contribution in [0, 0.1) is 22.5 Å². The summed E-state index contributed by atoms with van der Waals surface area (Å²) in [6.45, 7) is 0.799. The molecule has 0 N–H and O–H groups in total. The molecular weight excluding hydrogens is 414 g/mol. The zero-order valence-electron chi connectivity index (χ0n) is 17.6. The lowest BCUT2D eigenvalue weighted by Gasteiger charge is -2.70. The normalized spacial score (nSPS) is 28.0. The van der Waals surface area contributed by atoms with Crippen LogP contribution in [-0.4, -0.2) is 33.8 Å². The van der Waals surface area contributed by atoms with Crippen LogP contribution >= 0.6 is 0 Å². The van der Waals surface area contributed by atoms with Crippen molar-refractivity contribution in [3.8, 4) is 5.75 Å².